The maximum atomic E-state index is 14.2. The van der Waals surface area contributed by atoms with Crippen LogP contribution in [0.5, 0.6) is 5.75 Å². The topological polar surface area (TPSA) is 9.23 Å². The van der Waals surface area contributed by atoms with Crippen LogP contribution in [-0.4, -0.2) is 7.11 Å². The lowest BCUT2D eigenvalue weighted by Gasteiger charge is -2.31. The molecule has 0 bridgehead atoms. The fourth-order valence-electron chi connectivity index (χ4n) is 2.24. The molecule has 2 rings (SSSR count). The second-order valence-corrected chi connectivity index (χ2v) is 5.77. The summed E-state index contributed by atoms with van der Waals surface area (Å²) in [6.07, 6.45) is 0. The SMILES string of the molecule is COc1ccc(C(Cl)C(C)(C)c2ccccc2)c(F)c1. The van der Waals surface area contributed by atoms with E-state index in [1.165, 1.54) is 13.2 Å². The van der Waals surface area contributed by atoms with Gasteiger partial charge in [-0.05, 0) is 11.6 Å². The second-order valence-electron chi connectivity index (χ2n) is 5.34. The van der Waals surface area contributed by atoms with Gasteiger partial charge in [0.05, 0.1) is 12.5 Å². The van der Waals surface area contributed by atoms with Crippen molar-refractivity contribution in [1.82, 2.24) is 0 Å². The molecular formula is C17H18ClFO. The Morgan fingerprint density at radius 1 is 1.10 bits per heavy atom. The van der Waals surface area contributed by atoms with E-state index in [0.29, 0.717) is 11.3 Å². The number of benzene rings is 2. The monoisotopic (exact) mass is 292 g/mol. The Morgan fingerprint density at radius 2 is 1.75 bits per heavy atom. The van der Waals surface area contributed by atoms with Crippen molar-refractivity contribution < 1.29 is 9.13 Å². The molecule has 0 saturated carbocycles. The largest absolute Gasteiger partial charge is 0.497 e. The number of ether oxygens (including phenoxy) is 1. The van der Waals surface area contributed by atoms with Crippen LogP contribution in [0.3, 0.4) is 0 Å². The quantitative estimate of drug-likeness (QED) is 0.713. The van der Waals surface area contributed by atoms with Gasteiger partial charge in [0.1, 0.15) is 11.6 Å². The van der Waals surface area contributed by atoms with E-state index in [1.54, 1.807) is 12.1 Å². The van der Waals surface area contributed by atoms with Crippen molar-refractivity contribution in [3.05, 3.63) is 65.5 Å². The van der Waals surface area contributed by atoms with Gasteiger partial charge in [0.15, 0.2) is 0 Å². The minimum atomic E-state index is -0.462. The predicted molar refractivity (Wildman–Crippen MR) is 81.0 cm³/mol. The third kappa shape index (κ3) is 2.80. The van der Waals surface area contributed by atoms with Crippen LogP contribution in [-0.2, 0) is 5.41 Å². The van der Waals surface area contributed by atoms with Crippen LogP contribution in [0.1, 0.15) is 30.4 Å². The highest BCUT2D eigenvalue weighted by Gasteiger charge is 2.32. The van der Waals surface area contributed by atoms with Gasteiger partial charge in [0.25, 0.3) is 0 Å². The van der Waals surface area contributed by atoms with E-state index in [-0.39, 0.29) is 11.2 Å². The van der Waals surface area contributed by atoms with Crippen molar-refractivity contribution in [2.24, 2.45) is 0 Å². The molecule has 2 aromatic rings. The van der Waals surface area contributed by atoms with Gasteiger partial charge in [-0.3, -0.25) is 0 Å². The summed E-state index contributed by atoms with van der Waals surface area (Å²) in [4.78, 5) is 0. The number of halogens is 2. The maximum Gasteiger partial charge on any atom is 0.131 e. The molecule has 0 N–H and O–H groups in total. The third-order valence-corrected chi connectivity index (χ3v) is 4.41. The van der Waals surface area contributed by atoms with E-state index in [9.17, 15) is 4.39 Å². The van der Waals surface area contributed by atoms with Crippen LogP contribution in [0.15, 0.2) is 48.5 Å². The highest BCUT2D eigenvalue weighted by molar-refractivity contribution is 6.21. The first-order chi connectivity index (χ1) is 9.46. The van der Waals surface area contributed by atoms with E-state index in [4.69, 9.17) is 16.3 Å². The van der Waals surface area contributed by atoms with Crippen LogP contribution in [0, 0.1) is 5.82 Å². The fraction of sp³-hybridized carbons (Fsp3) is 0.294. The van der Waals surface area contributed by atoms with E-state index < -0.39 is 5.38 Å². The Bertz CT molecular complexity index is 581. The molecule has 3 heteroatoms. The first-order valence-electron chi connectivity index (χ1n) is 6.50. The molecule has 0 aromatic heterocycles. The fourth-order valence-corrected chi connectivity index (χ4v) is 2.55. The minimum absolute atomic E-state index is 0.339. The number of rotatable bonds is 4. The highest BCUT2D eigenvalue weighted by atomic mass is 35.5. The highest BCUT2D eigenvalue weighted by Crippen LogP contribution is 2.42. The molecule has 0 saturated heterocycles. The van der Waals surface area contributed by atoms with Crippen molar-refractivity contribution >= 4 is 11.6 Å². The van der Waals surface area contributed by atoms with Crippen LogP contribution in [0.2, 0.25) is 0 Å². The van der Waals surface area contributed by atoms with E-state index in [2.05, 4.69) is 0 Å². The minimum Gasteiger partial charge on any atom is -0.497 e. The molecule has 0 heterocycles. The molecule has 1 atom stereocenters. The Labute approximate surface area is 124 Å². The van der Waals surface area contributed by atoms with Gasteiger partial charge in [-0.15, -0.1) is 11.6 Å². The van der Waals surface area contributed by atoms with Gasteiger partial charge < -0.3 is 4.74 Å². The smallest absolute Gasteiger partial charge is 0.131 e. The maximum absolute atomic E-state index is 14.2. The van der Waals surface area contributed by atoms with E-state index in [0.717, 1.165) is 5.56 Å². The first kappa shape index (κ1) is 14.9. The second kappa shape index (κ2) is 5.84. The lowest BCUT2D eigenvalue weighted by Crippen LogP contribution is -2.24. The average Bonchev–Trinajstić information content (AvgIpc) is 2.47. The molecule has 2 aromatic carbocycles. The van der Waals surface area contributed by atoms with Crippen LogP contribution < -0.4 is 4.74 Å². The lowest BCUT2D eigenvalue weighted by atomic mass is 9.78. The Kier molecular flexibility index (Phi) is 4.34. The summed E-state index contributed by atoms with van der Waals surface area (Å²) in [6.45, 7) is 4.04. The van der Waals surface area contributed by atoms with Crippen LogP contribution in [0.25, 0.3) is 0 Å². The zero-order valence-electron chi connectivity index (χ0n) is 11.9. The Hall–Kier alpha value is -1.54. The van der Waals surface area contributed by atoms with Crippen molar-refractivity contribution in [3.63, 3.8) is 0 Å². The summed E-state index contributed by atoms with van der Waals surface area (Å²) in [5, 5.41) is -0.462. The molecule has 0 spiro atoms. The molecule has 0 aliphatic heterocycles. The zero-order valence-corrected chi connectivity index (χ0v) is 12.6. The van der Waals surface area contributed by atoms with Gasteiger partial charge in [-0.25, -0.2) is 4.39 Å². The first-order valence-corrected chi connectivity index (χ1v) is 6.93. The molecule has 1 unspecified atom stereocenters. The van der Waals surface area contributed by atoms with Crippen molar-refractivity contribution in [1.29, 1.82) is 0 Å². The molecule has 0 amide bonds. The molecule has 106 valence electrons. The van der Waals surface area contributed by atoms with Gasteiger partial charge in [-0.2, -0.15) is 0 Å². The summed E-state index contributed by atoms with van der Waals surface area (Å²) in [7, 11) is 1.51. The number of alkyl halides is 1. The van der Waals surface area contributed by atoms with Crippen molar-refractivity contribution in [2.75, 3.05) is 7.11 Å². The number of hydrogen-bond acceptors (Lipinski definition) is 1. The molecular weight excluding hydrogens is 275 g/mol. The molecule has 0 radical (unpaired) electrons. The zero-order chi connectivity index (χ0) is 14.8. The number of methoxy groups -OCH3 is 1. The summed E-state index contributed by atoms with van der Waals surface area (Å²) < 4.78 is 19.2. The molecule has 20 heavy (non-hydrogen) atoms. The van der Waals surface area contributed by atoms with E-state index >= 15 is 0 Å². The van der Waals surface area contributed by atoms with Crippen LogP contribution in [0.4, 0.5) is 4.39 Å². The van der Waals surface area contributed by atoms with Crippen molar-refractivity contribution in [2.45, 2.75) is 24.6 Å². The van der Waals surface area contributed by atoms with Gasteiger partial charge in [-0.1, -0.05) is 50.2 Å². The average molecular weight is 293 g/mol. The summed E-state index contributed by atoms with van der Waals surface area (Å²) in [5.41, 5.74) is 1.19. The van der Waals surface area contributed by atoms with Gasteiger partial charge in [0, 0.05) is 17.0 Å². The predicted octanol–water partition coefficient (Wildman–Crippen LogP) is 5.09. The van der Waals surface area contributed by atoms with Crippen molar-refractivity contribution in [3.8, 4) is 5.75 Å². The molecule has 0 fully saturated rings. The normalized spacial score (nSPS) is 13.1. The third-order valence-electron chi connectivity index (χ3n) is 3.63. The Balaban J connectivity index is 2.38. The lowest BCUT2D eigenvalue weighted by molar-refractivity contribution is 0.409. The molecule has 1 nitrogen and oxygen atoms in total. The molecule has 0 aliphatic carbocycles. The van der Waals surface area contributed by atoms with Gasteiger partial charge in [0.2, 0.25) is 0 Å². The standard InChI is InChI=1S/C17H18ClFO/c1-17(2,12-7-5-4-6-8-12)16(18)14-10-9-13(20-3)11-15(14)19/h4-11,16H,1-3H3. The van der Waals surface area contributed by atoms with Crippen LogP contribution >= 0.6 is 11.6 Å². The summed E-state index contributed by atoms with van der Waals surface area (Å²) >= 11 is 6.55. The molecule has 0 aliphatic rings. The Morgan fingerprint density at radius 3 is 2.30 bits per heavy atom. The number of hydrogen-bond donors (Lipinski definition) is 0. The summed E-state index contributed by atoms with van der Waals surface area (Å²) in [6, 6.07) is 14.7. The van der Waals surface area contributed by atoms with Gasteiger partial charge >= 0.3 is 0 Å². The van der Waals surface area contributed by atoms with E-state index in [1.807, 2.05) is 44.2 Å². The summed E-state index contributed by atoms with van der Waals surface area (Å²) in [5.74, 6) is 0.154.